The maximum absolute atomic E-state index is 5.41. The lowest BCUT2D eigenvalue weighted by Crippen LogP contribution is -2.31. The van der Waals surface area contributed by atoms with Gasteiger partial charge >= 0.3 is 0 Å². The first-order valence-electron chi connectivity index (χ1n) is 7.88. The van der Waals surface area contributed by atoms with Crippen LogP contribution in [0.25, 0.3) is 0 Å². The van der Waals surface area contributed by atoms with Gasteiger partial charge in [-0.15, -0.1) is 0 Å². The summed E-state index contributed by atoms with van der Waals surface area (Å²) in [5, 5.41) is 7.59. The lowest BCUT2D eigenvalue weighted by Gasteiger charge is -2.20. The summed E-state index contributed by atoms with van der Waals surface area (Å²) in [6.07, 6.45) is 5.35. The Morgan fingerprint density at radius 2 is 2.20 bits per heavy atom. The van der Waals surface area contributed by atoms with Crippen molar-refractivity contribution in [1.82, 2.24) is 20.3 Å². The van der Waals surface area contributed by atoms with Crippen LogP contribution < -0.4 is 5.32 Å². The van der Waals surface area contributed by atoms with Crippen LogP contribution in [0.5, 0.6) is 0 Å². The quantitative estimate of drug-likeness (QED) is 0.780. The summed E-state index contributed by atoms with van der Waals surface area (Å²) < 4.78 is 5.41. The highest BCUT2D eigenvalue weighted by Gasteiger charge is 2.20. The molecule has 5 heteroatoms. The van der Waals surface area contributed by atoms with Gasteiger partial charge in [0.1, 0.15) is 0 Å². The lowest BCUT2D eigenvalue weighted by molar-refractivity contribution is 0.230. The SMILES string of the molecule is CN(CCN1CCCC1)Cc1cc(CNC2CC2)no1. The summed E-state index contributed by atoms with van der Waals surface area (Å²) in [7, 11) is 2.15. The van der Waals surface area contributed by atoms with E-state index >= 15 is 0 Å². The van der Waals surface area contributed by atoms with Gasteiger partial charge in [0.2, 0.25) is 0 Å². The van der Waals surface area contributed by atoms with Crippen LogP contribution in [-0.4, -0.2) is 54.2 Å². The van der Waals surface area contributed by atoms with Crippen molar-refractivity contribution in [1.29, 1.82) is 0 Å². The molecule has 1 aliphatic carbocycles. The molecule has 2 heterocycles. The van der Waals surface area contributed by atoms with Gasteiger partial charge in [-0.2, -0.15) is 0 Å². The largest absolute Gasteiger partial charge is 0.360 e. The van der Waals surface area contributed by atoms with Gasteiger partial charge in [0.15, 0.2) is 5.76 Å². The van der Waals surface area contributed by atoms with Gasteiger partial charge in [0.05, 0.1) is 12.2 Å². The Kier molecular flexibility index (Phi) is 4.70. The lowest BCUT2D eigenvalue weighted by atomic mass is 10.3. The van der Waals surface area contributed by atoms with Gasteiger partial charge in [0, 0.05) is 31.7 Å². The molecule has 2 fully saturated rings. The number of nitrogens with one attached hydrogen (secondary N) is 1. The van der Waals surface area contributed by atoms with Crippen LogP contribution in [0.2, 0.25) is 0 Å². The topological polar surface area (TPSA) is 44.5 Å². The van der Waals surface area contributed by atoms with Crippen LogP contribution in [0.4, 0.5) is 0 Å². The molecule has 0 radical (unpaired) electrons. The monoisotopic (exact) mass is 278 g/mol. The molecule has 112 valence electrons. The van der Waals surface area contributed by atoms with Gasteiger partial charge in [-0.1, -0.05) is 5.16 Å². The van der Waals surface area contributed by atoms with Crippen molar-refractivity contribution < 1.29 is 4.52 Å². The molecule has 1 saturated carbocycles. The standard InChI is InChI=1S/C15H26N4O/c1-18(8-9-19-6-2-3-7-19)12-15-10-14(17-20-15)11-16-13-4-5-13/h10,13,16H,2-9,11-12H2,1H3. The number of rotatable bonds is 8. The van der Waals surface area contributed by atoms with Gasteiger partial charge in [-0.25, -0.2) is 0 Å². The van der Waals surface area contributed by atoms with Crippen molar-refractivity contribution in [3.8, 4) is 0 Å². The Morgan fingerprint density at radius 1 is 1.40 bits per heavy atom. The van der Waals surface area contributed by atoms with Crippen LogP contribution in [0.3, 0.4) is 0 Å². The minimum atomic E-state index is 0.721. The third-order valence-corrected chi connectivity index (χ3v) is 4.18. The normalized spacial score (nSPS) is 20.1. The highest BCUT2D eigenvalue weighted by atomic mass is 16.5. The molecule has 1 aromatic rings. The first-order chi connectivity index (χ1) is 9.79. The predicted molar refractivity (Wildman–Crippen MR) is 78.4 cm³/mol. The highest BCUT2D eigenvalue weighted by Crippen LogP contribution is 2.19. The summed E-state index contributed by atoms with van der Waals surface area (Å²) in [5.74, 6) is 0.974. The van der Waals surface area contributed by atoms with E-state index < -0.39 is 0 Å². The molecule has 2 aliphatic rings. The third-order valence-electron chi connectivity index (χ3n) is 4.18. The molecule has 1 N–H and O–H groups in total. The Labute approximate surface area is 121 Å². The Hall–Kier alpha value is -0.910. The zero-order chi connectivity index (χ0) is 13.8. The molecule has 1 aliphatic heterocycles. The van der Waals surface area contributed by atoms with E-state index in [0.29, 0.717) is 0 Å². The fourth-order valence-corrected chi connectivity index (χ4v) is 2.71. The average Bonchev–Trinajstić information content (AvgIpc) is 2.94. The third kappa shape index (κ3) is 4.30. The second-order valence-electron chi connectivity index (χ2n) is 6.23. The molecule has 0 spiro atoms. The van der Waals surface area contributed by atoms with E-state index in [1.807, 2.05) is 0 Å². The van der Waals surface area contributed by atoms with Gasteiger partial charge in [-0.3, -0.25) is 4.90 Å². The smallest absolute Gasteiger partial charge is 0.151 e. The van der Waals surface area contributed by atoms with Crippen LogP contribution in [0.1, 0.15) is 37.1 Å². The van der Waals surface area contributed by atoms with Gasteiger partial charge in [0.25, 0.3) is 0 Å². The van der Waals surface area contributed by atoms with E-state index in [-0.39, 0.29) is 0 Å². The van der Waals surface area contributed by atoms with E-state index in [4.69, 9.17) is 4.52 Å². The number of hydrogen-bond acceptors (Lipinski definition) is 5. The molecule has 0 unspecified atom stereocenters. The average molecular weight is 278 g/mol. The number of likely N-dealkylation sites (tertiary alicyclic amines) is 1. The number of likely N-dealkylation sites (N-methyl/N-ethyl adjacent to an activating group) is 1. The zero-order valence-electron chi connectivity index (χ0n) is 12.5. The second-order valence-corrected chi connectivity index (χ2v) is 6.23. The molecule has 1 aromatic heterocycles. The van der Waals surface area contributed by atoms with Crippen molar-refractivity contribution in [3.63, 3.8) is 0 Å². The summed E-state index contributed by atoms with van der Waals surface area (Å²) in [4.78, 5) is 4.86. The number of nitrogens with zero attached hydrogens (tertiary/aromatic N) is 3. The fourth-order valence-electron chi connectivity index (χ4n) is 2.71. The fraction of sp³-hybridized carbons (Fsp3) is 0.800. The summed E-state index contributed by atoms with van der Waals surface area (Å²) in [5.41, 5.74) is 1.03. The Morgan fingerprint density at radius 3 is 2.95 bits per heavy atom. The Balaban J connectivity index is 1.37. The molecule has 0 bridgehead atoms. The minimum absolute atomic E-state index is 0.721. The molecule has 20 heavy (non-hydrogen) atoms. The highest BCUT2D eigenvalue weighted by molar-refractivity contribution is 5.05. The van der Waals surface area contributed by atoms with Crippen molar-refractivity contribution in [3.05, 3.63) is 17.5 Å². The van der Waals surface area contributed by atoms with Crippen molar-refractivity contribution in [2.24, 2.45) is 0 Å². The zero-order valence-corrected chi connectivity index (χ0v) is 12.5. The first kappa shape index (κ1) is 14.0. The maximum atomic E-state index is 5.41. The molecule has 1 saturated heterocycles. The van der Waals surface area contributed by atoms with Crippen molar-refractivity contribution in [2.75, 3.05) is 33.2 Å². The Bertz CT molecular complexity index is 410. The van der Waals surface area contributed by atoms with Gasteiger partial charge < -0.3 is 14.7 Å². The number of aromatic nitrogens is 1. The maximum Gasteiger partial charge on any atom is 0.151 e. The predicted octanol–water partition coefficient (Wildman–Crippen LogP) is 1.45. The summed E-state index contributed by atoms with van der Waals surface area (Å²) in [6.45, 7) is 6.49. The molecular formula is C15H26N4O. The first-order valence-corrected chi connectivity index (χ1v) is 7.88. The van der Waals surface area contributed by atoms with E-state index in [1.54, 1.807) is 0 Å². The van der Waals surface area contributed by atoms with Crippen LogP contribution in [0, 0.1) is 0 Å². The minimum Gasteiger partial charge on any atom is -0.360 e. The molecule has 0 atom stereocenters. The van der Waals surface area contributed by atoms with Crippen LogP contribution >= 0.6 is 0 Å². The van der Waals surface area contributed by atoms with Crippen LogP contribution in [-0.2, 0) is 13.1 Å². The number of hydrogen-bond donors (Lipinski definition) is 1. The summed E-state index contributed by atoms with van der Waals surface area (Å²) >= 11 is 0. The second kappa shape index (κ2) is 6.70. The van der Waals surface area contributed by atoms with Crippen molar-refractivity contribution in [2.45, 2.75) is 44.8 Å². The summed E-state index contributed by atoms with van der Waals surface area (Å²) in [6, 6.07) is 2.81. The van der Waals surface area contributed by atoms with Crippen LogP contribution in [0.15, 0.2) is 10.6 Å². The molecule has 3 rings (SSSR count). The van der Waals surface area contributed by atoms with E-state index in [0.717, 1.165) is 37.1 Å². The molecule has 0 aromatic carbocycles. The van der Waals surface area contributed by atoms with Crippen molar-refractivity contribution >= 4 is 0 Å². The molecular weight excluding hydrogens is 252 g/mol. The molecule has 5 nitrogen and oxygen atoms in total. The van der Waals surface area contributed by atoms with E-state index in [9.17, 15) is 0 Å². The molecule has 0 amide bonds. The van der Waals surface area contributed by atoms with E-state index in [1.165, 1.54) is 45.3 Å². The van der Waals surface area contributed by atoms with E-state index in [2.05, 4.69) is 33.4 Å². The van der Waals surface area contributed by atoms with Gasteiger partial charge in [-0.05, 0) is 45.8 Å².